The van der Waals surface area contributed by atoms with Gasteiger partial charge in [0.15, 0.2) is 0 Å². The molecule has 0 amide bonds. The van der Waals surface area contributed by atoms with Gasteiger partial charge < -0.3 is 5.53 Å². The van der Waals surface area contributed by atoms with Gasteiger partial charge in [0.05, 0.1) is 0 Å². The Bertz CT molecular complexity index is 496. The van der Waals surface area contributed by atoms with Gasteiger partial charge in [0.1, 0.15) is 0 Å². The number of nitrogens with zero attached hydrogens (tertiary/aromatic N) is 2. The predicted octanol–water partition coefficient (Wildman–Crippen LogP) is 3.45. The minimum absolute atomic E-state index is 0.885. The summed E-state index contributed by atoms with van der Waals surface area (Å²) < 4.78 is 1.27. The first-order chi connectivity index (χ1) is 7.36. The third-order valence-corrected chi connectivity index (χ3v) is 2.82. The molecular formula is C13H10N2. The van der Waals surface area contributed by atoms with Crippen molar-refractivity contribution in [2.75, 3.05) is 0 Å². The Morgan fingerprint density at radius 2 is 1.27 bits per heavy atom. The van der Waals surface area contributed by atoms with E-state index in [9.17, 15) is 5.53 Å². The van der Waals surface area contributed by atoms with Crippen molar-refractivity contribution in [2.24, 2.45) is 0 Å². The Morgan fingerprint density at radius 1 is 0.800 bits per heavy atom. The van der Waals surface area contributed by atoms with Gasteiger partial charge in [0, 0.05) is 29.7 Å². The molecule has 1 aliphatic heterocycles. The number of para-hydroxylation sites is 2. The molecule has 2 heteroatoms. The quantitative estimate of drug-likeness (QED) is 0.490. The van der Waals surface area contributed by atoms with Crippen LogP contribution >= 0.6 is 0 Å². The number of hydrogen-bond donors (Lipinski definition) is 0. The van der Waals surface area contributed by atoms with Gasteiger partial charge in [-0.05, 0) is 0 Å². The number of hydrogen-bond acceptors (Lipinski definition) is 0. The van der Waals surface area contributed by atoms with Crippen molar-refractivity contribution in [3.8, 4) is 0 Å². The molecule has 1 heterocycles. The number of benzene rings is 2. The Balaban J connectivity index is 2.24. The molecule has 0 radical (unpaired) electrons. The fraction of sp³-hybridized carbons (Fsp3) is 0.0769. The molecule has 0 unspecified atom stereocenters. The molecule has 0 spiro atoms. The zero-order chi connectivity index (χ0) is 10.3. The summed E-state index contributed by atoms with van der Waals surface area (Å²) in [5.41, 5.74) is 14.1. The van der Waals surface area contributed by atoms with E-state index >= 15 is 0 Å². The third-order valence-electron chi connectivity index (χ3n) is 2.82. The van der Waals surface area contributed by atoms with Crippen LogP contribution in [0.3, 0.4) is 0 Å². The summed E-state index contributed by atoms with van der Waals surface area (Å²) in [5, 5.41) is 0. The van der Waals surface area contributed by atoms with Gasteiger partial charge >= 0.3 is 0 Å². The van der Waals surface area contributed by atoms with E-state index in [0.717, 1.165) is 17.8 Å². The van der Waals surface area contributed by atoms with Crippen LogP contribution < -0.4 is 4.70 Å². The molecule has 2 nitrogen and oxygen atoms in total. The van der Waals surface area contributed by atoms with Crippen LogP contribution in [0.25, 0.3) is 5.53 Å². The molecule has 0 saturated heterocycles. The van der Waals surface area contributed by atoms with Gasteiger partial charge in [-0.15, -0.1) is 0 Å². The van der Waals surface area contributed by atoms with Crippen molar-refractivity contribution in [1.82, 2.24) is 4.70 Å². The fourth-order valence-electron chi connectivity index (χ4n) is 2.07. The summed E-state index contributed by atoms with van der Waals surface area (Å²) in [4.78, 5) is 0. The predicted molar refractivity (Wildman–Crippen MR) is 60.5 cm³/mol. The van der Waals surface area contributed by atoms with Crippen molar-refractivity contribution in [3.63, 3.8) is 0 Å². The summed E-state index contributed by atoms with van der Waals surface area (Å²) in [7, 11) is 0. The zero-order valence-corrected chi connectivity index (χ0v) is 8.22. The first-order valence-corrected chi connectivity index (χ1v) is 5.01. The van der Waals surface area contributed by atoms with E-state index in [2.05, 4.69) is 12.1 Å². The van der Waals surface area contributed by atoms with E-state index in [1.54, 1.807) is 0 Å². The summed E-state index contributed by atoms with van der Waals surface area (Å²) >= 11 is 0. The molecule has 2 aromatic rings. The minimum atomic E-state index is 0.885. The first kappa shape index (κ1) is 8.36. The maximum Gasteiger partial charge on any atom is 0.203 e. The van der Waals surface area contributed by atoms with Gasteiger partial charge in [-0.1, -0.05) is 36.4 Å². The molecule has 0 atom stereocenters. The van der Waals surface area contributed by atoms with Crippen molar-refractivity contribution >= 4 is 11.4 Å². The Kier molecular flexibility index (Phi) is 1.68. The van der Waals surface area contributed by atoms with E-state index in [1.807, 2.05) is 36.4 Å². The summed E-state index contributed by atoms with van der Waals surface area (Å²) in [6, 6.07) is 15.9. The van der Waals surface area contributed by atoms with E-state index in [1.165, 1.54) is 15.8 Å². The van der Waals surface area contributed by atoms with E-state index < -0.39 is 0 Å². The van der Waals surface area contributed by atoms with Gasteiger partial charge in [0.2, 0.25) is 11.4 Å². The average molecular weight is 194 g/mol. The first-order valence-electron chi connectivity index (χ1n) is 5.01. The van der Waals surface area contributed by atoms with E-state index in [4.69, 9.17) is 0 Å². The summed E-state index contributed by atoms with van der Waals surface area (Å²) in [5.74, 6) is 0. The lowest BCUT2D eigenvalue weighted by Gasteiger charge is -2.18. The lowest BCUT2D eigenvalue weighted by molar-refractivity contribution is 0.953. The van der Waals surface area contributed by atoms with Crippen LogP contribution in [0.5, 0.6) is 0 Å². The van der Waals surface area contributed by atoms with Gasteiger partial charge in [-0.2, -0.15) is 0 Å². The highest BCUT2D eigenvalue weighted by atomic mass is 15.2. The highest BCUT2D eigenvalue weighted by Gasteiger charge is 2.22. The summed E-state index contributed by atoms with van der Waals surface area (Å²) in [6.45, 7) is 0. The van der Waals surface area contributed by atoms with Crippen LogP contribution in [-0.4, -0.2) is 0 Å². The zero-order valence-electron chi connectivity index (χ0n) is 8.22. The highest BCUT2D eigenvalue weighted by Crippen LogP contribution is 2.34. The van der Waals surface area contributed by atoms with E-state index in [0.29, 0.717) is 0 Å². The minimum Gasteiger partial charge on any atom is -0.493 e. The highest BCUT2D eigenvalue weighted by molar-refractivity contribution is 5.64. The second-order valence-corrected chi connectivity index (χ2v) is 3.75. The van der Waals surface area contributed by atoms with Crippen molar-refractivity contribution in [2.45, 2.75) is 6.42 Å². The lowest BCUT2D eigenvalue weighted by Crippen LogP contribution is -2.09. The van der Waals surface area contributed by atoms with Crippen molar-refractivity contribution in [1.29, 1.82) is 0 Å². The molecule has 0 aromatic heterocycles. The molecule has 0 aliphatic carbocycles. The average Bonchev–Trinajstić information content (AvgIpc) is 2.30. The molecule has 0 bridgehead atoms. The Hall–Kier alpha value is -1.96. The van der Waals surface area contributed by atoms with Crippen LogP contribution in [-0.2, 0) is 6.42 Å². The second kappa shape index (κ2) is 3.02. The van der Waals surface area contributed by atoms with Gasteiger partial charge in [-0.3, -0.25) is 0 Å². The topological polar surface area (TPSA) is 25.3 Å². The Morgan fingerprint density at radius 3 is 1.80 bits per heavy atom. The molecule has 1 aliphatic rings. The molecule has 2 aromatic carbocycles. The fourth-order valence-corrected chi connectivity index (χ4v) is 2.07. The molecule has 0 fully saturated rings. The normalized spacial score (nSPS) is 13.2. The van der Waals surface area contributed by atoms with Crippen LogP contribution in [0.2, 0.25) is 0 Å². The van der Waals surface area contributed by atoms with Crippen molar-refractivity contribution < 1.29 is 0 Å². The number of fused-ring (bicyclic) bond motifs is 2. The maximum atomic E-state index is 10.0. The van der Waals surface area contributed by atoms with Gasteiger partial charge in [-0.25, -0.2) is 4.70 Å². The van der Waals surface area contributed by atoms with Crippen LogP contribution in [0, 0.1) is 0 Å². The van der Waals surface area contributed by atoms with Crippen LogP contribution in [0.4, 0.5) is 11.4 Å². The molecule has 3 rings (SSSR count). The number of rotatable bonds is 0. The molecule has 0 N–H and O–H groups in total. The molecular weight excluding hydrogens is 184 g/mol. The molecule has 15 heavy (non-hydrogen) atoms. The smallest absolute Gasteiger partial charge is 0.203 e. The van der Waals surface area contributed by atoms with Gasteiger partial charge in [0.25, 0.3) is 0 Å². The van der Waals surface area contributed by atoms with Crippen LogP contribution in [0.15, 0.2) is 48.5 Å². The maximum absolute atomic E-state index is 10.0. The lowest BCUT2D eigenvalue weighted by atomic mass is 9.97. The summed E-state index contributed by atoms with van der Waals surface area (Å²) in [6.07, 6.45) is 0.892. The third kappa shape index (κ3) is 1.18. The molecule has 0 saturated carbocycles. The second-order valence-electron chi connectivity index (χ2n) is 3.75. The monoisotopic (exact) mass is 194 g/mol. The SMILES string of the molecule is [N-]=[N+]1c2ccccc2Cc2ccccc21. The van der Waals surface area contributed by atoms with Crippen LogP contribution in [0.1, 0.15) is 11.1 Å². The Labute approximate surface area is 88.3 Å². The largest absolute Gasteiger partial charge is 0.493 e. The molecule has 72 valence electrons. The standard InChI is InChI=1S/C13H10N2/c14-15-12-7-3-1-5-10(12)9-11-6-2-4-8-13(11)15/h1-8H,9H2. The van der Waals surface area contributed by atoms with E-state index in [-0.39, 0.29) is 0 Å². The van der Waals surface area contributed by atoms with Crippen molar-refractivity contribution in [3.05, 3.63) is 65.2 Å².